The van der Waals surface area contributed by atoms with Crippen molar-refractivity contribution in [3.63, 3.8) is 0 Å². The van der Waals surface area contributed by atoms with Crippen LogP contribution in [0.25, 0.3) is 0 Å². The number of hydrogen-bond acceptors (Lipinski definition) is 7. The Morgan fingerprint density at radius 3 is 2.05 bits per heavy atom. The van der Waals surface area contributed by atoms with Crippen molar-refractivity contribution in [1.82, 2.24) is 10.6 Å². The standard InChI is InChI=1S/C10H8N4O7/c15-8-6(13(18)19)2-4(3-7(8)14(20)21)1-5-9(16)12-10(17)11-5/h2-3,5,15H,1H2,(H2,11,12,16,17)/t5-/m1/s1. The molecule has 0 aliphatic carbocycles. The number of nitro benzene ring substituents is 2. The summed E-state index contributed by atoms with van der Waals surface area (Å²) in [5, 5.41) is 35.3. The number of phenols is 1. The van der Waals surface area contributed by atoms with Crippen LogP contribution in [0.15, 0.2) is 12.1 Å². The second-order valence-corrected chi connectivity index (χ2v) is 4.22. The second kappa shape index (κ2) is 5.03. The molecule has 0 radical (unpaired) electrons. The first-order valence-electron chi connectivity index (χ1n) is 5.55. The van der Waals surface area contributed by atoms with Crippen LogP contribution in [0.4, 0.5) is 16.2 Å². The van der Waals surface area contributed by atoms with Crippen molar-refractivity contribution in [3.05, 3.63) is 37.9 Å². The van der Waals surface area contributed by atoms with Crippen LogP contribution in [0, 0.1) is 20.2 Å². The maximum atomic E-state index is 11.4. The number of benzene rings is 1. The molecule has 11 heteroatoms. The number of nitrogens with zero attached hydrogens (tertiary/aromatic N) is 2. The Morgan fingerprint density at radius 2 is 1.67 bits per heavy atom. The molecule has 0 bridgehead atoms. The molecule has 1 fully saturated rings. The molecule has 0 spiro atoms. The first-order chi connectivity index (χ1) is 9.79. The van der Waals surface area contributed by atoms with Crippen molar-refractivity contribution >= 4 is 23.3 Å². The van der Waals surface area contributed by atoms with Crippen LogP contribution >= 0.6 is 0 Å². The van der Waals surface area contributed by atoms with Crippen molar-refractivity contribution in [2.45, 2.75) is 12.5 Å². The minimum absolute atomic E-state index is 0.0635. The quantitative estimate of drug-likeness (QED) is 0.398. The molecular formula is C10H8N4O7. The molecule has 1 atom stereocenters. The number of carbonyl (C=O) groups is 2. The lowest BCUT2D eigenvalue weighted by Gasteiger charge is -2.07. The summed E-state index contributed by atoms with van der Waals surface area (Å²) in [6.45, 7) is 0. The fraction of sp³-hybridized carbons (Fsp3) is 0.200. The van der Waals surface area contributed by atoms with Crippen molar-refractivity contribution < 1.29 is 24.5 Å². The van der Waals surface area contributed by atoms with E-state index in [1.54, 1.807) is 0 Å². The smallest absolute Gasteiger partial charge is 0.322 e. The number of carbonyl (C=O) groups excluding carboxylic acids is 2. The number of rotatable bonds is 4. The first-order valence-corrected chi connectivity index (χ1v) is 5.55. The molecule has 1 aromatic carbocycles. The zero-order valence-electron chi connectivity index (χ0n) is 10.2. The van der Waals surface area contributed by atoms with Gasteiger partial charge in [0.2, 0.25) is 0 Å². The largest absolute Gasteiger partial charge is 0.497 e. The fourth-order valence-corrected chi connectivity index (χ4v) is 1.90. The van der Waals surface area contributed by atoms with E-state index in [1.807, 2.05) is 5.32 Å². The number of nitro groups is 2. The van der Waals surface area contributed by atoms with Gasteiger partial charge in [0.05, 0.1) is 9.85 Å². The van der Waals surface area contributed by atoms with Crippen LogP contribution < -0.4 is 10.6 Å². The Labute approximate surface area is 115 Å². The van der Waals surface area contributed by atoms with Gasteiger partial charge in [0.1, 0.15) is 6.04 Å². The Hall–Kier alpha value is -3.24. The Morgan fingerprint density at radius 1 is 1.14 bits per heavy atom. The van der Waals surface area contributed by atoms with Gasteiger partial charge in [-0.3, -0.25) is 30.3 Å². The zero-order chi connectivity index (χ0) is 15.7. The normalized spacial score (nSPS) is 17.2. The number of hydrogen-bond donors (Lipinski definition) is 3. The maximum Gasteiger partial charge on any atom is 0.322 e. The van der Waals surface area contributed by atoms with Crippen molar-refractivity contribution in [2.24, 2.45) is 0 Å². The van der Waals surface area contributed by atoms with Gasteiger partial charge < -0.3 is 10.4 Å². The molecule has 1 saturated heterocycles. The van der Waals surface area contributed by atoms with E-state index in [1.165, 1.54) is 0 Å². The van der Waals surface area contributed by atoms with E-state index in [9.17, 15) is 34.9 Å². The minimum atomic E-state index is -1.06. The maximum absolute atomic E-state index is 11.4. The molecule has 1 aliphatic rings. The van der Waals surface area contributed by atoms with E-state index in [0.29, 0.717) is 0 Å². The molecule has 110 valence electrons. The molecule has 0 saturated carbocycles. The third kappa shape index (κ3) is 2.70. The number of phenolic OH excluding ortho intramolecular Hbond substituents is 1. The minimum Gasteiger partial charge on any atom is -0.497 e. The van der Waals surface area contributed by atoms with Gasteiger partial charge >= 0.3 is 17.4 Å². The molecule has 2 rings (SSSR count). The average molecular weight is 296 g/mol. The van der Waals surface area contributed by atoms with Gasteiger partial charge in [-0.2, -0.15) is 0 Å². The van der Waals surface area contributed by atoms with Crippen LogP contribution in [-0.4, -0.2) is 32.9 Å². The third-order valence-electron chi connectivity index (χ3n) is 2.82. The van der Waals surface area contributed by atoms with Gasteiger partial charge in [-0.25, -0.2) is 4.79 Å². The fourth-order valence-electron chi connectivity index (χ4n) is 1.90. The van der Waals surface area contributed by atoms with Gasteiger partial charge in [0.25, 0.3) is 11.7 Å². The lowest BCUT2D eigenvalue weighted by atomic mass is 10.0. The van der Waals surface area contributed by atoms with Crippen molar-refractivity contribution in [1.29, 1.82) is 0 Å². The molecule has 3 amide bonds. The van der Waals surface area contributed by atoms with Gasteiger partial charge in [-0.05, 0) is 5.56 Å². The third-order valence-corrected chi connectivity index (χ3v) is 2.82. The van der Waals surface area contributed by atoms with E-state index in [4.69, 9.17) is 0 Å². The van der Waals surface area contributed by atoms with E-state index in [2.05, 4.69) is 5.32 Å². The van der Waals surface area contributed by atoms with Gasteiger partial charge in [0.15, 0.2) is 0 Å². The molecule has 1 aromatic rings. The molecular weight excluding hydrogens is 288 g/mol. The summed E-state index contributed by atoms with van der Waals surface area (Å²) in [6.07, 6.45) is -0.181. The average Bonchev–Trinajstić information content (AvgIpc) is 2.69. The predicted octanol–water partition coefficient (Wildman–Crippen LogP) is -0.0409. The lowest BCUT2D eigenvalue weighted by Crippen LogP contribution is -2.31. The summed E-state index contributed by atoms with van der Waals surface area (Å²) in [7, 11) is 0. The number of urea groups is 1. The van der Waals surface area contributed by atoms with E-state index in [-0.39, 0.29) is 12.0 Å². The molecule has 0 aromatic heterocycles. The number of imide groups is 1. The van der Waals surface area contributed by atoms with Gasteiger partial charge in [-0.15, -0.1) is 0 Å². The van der Waals surface area contributed by atoms with Crippen LogP contribution in [0.1, 0.15) is 5.56 Å². The molecule has 1 aliphatic heterocycles. The van der Waals surface area contributed by atoms with Gasteiger partial charge in [0, 0.05) is 18.6 Å². The summed E-state index contributed by atoms with van der Waals surface area (Å²) >= 11 is 0. The predicted molar refractivity (Wildman–Crippen MR) is 65.6 cm³/mol. The summed E-state index contributed by atoms with van der Waals surface area (Å²) in [6, 6.07) is 0.134. The molecule has 0 unspecified atom stereocenters. The second-order valence-electron chi connectivity index (χ2n) is 4.22. The van der Waals surface area contributed by atoms with E-state index >= 15 is 0 Å². The van der Waals surface area contributed by atoms with Crippen LogP contribution in [0.3, 0.4) is 0 Å². The molecule has 11 nitrogen and oxygen atoms in total. The molecule has 3 N–H and O–H groups in total. The highest BCUT2D eigenvalue weighted by atomic mass is 16.6. The van der Waals surface area contributed by atoms with Crippen molar-refractivity contribution in [2.75, 3.05) is 0 Å². The zero-order valence-corrected chi connectivity index (χ0v) is 10.2. The number of nitrogens with one attached hydrogen (secondary N) is 2. The van der Waals surface area contributed by atoms with Gasteiger partial charge in [-0.1, -0.05) is 0 Å². The summed E-state index contributed by atoms with van der Waals surface area (Å²) < 4.78 is 0. The Kier molecular flexibility index (Phi) is 3.40. The topological polar surface area (TPSA) is 165 Å². The SMILES string of the molecule is O=C1NC(=O)[C@@H](Cc2cc([N+](=O)[O-])c(O)c([N+](=O)[O-])c2)N1. The summed E-state index contributed by atoms with van der Waals surface area (Å²) in [4.78, 5) is 41.9. The van der Waals surface area contributed by atoms with Crippen molar-refractivity contribution in [3.8, 4) is 5.75 Å². The summed E-state index contributed by atoms with van der Waals surface area (Å²) in [5.74, 6) is -1.70. The first kappa shape index (κ1) is 14.2. The van der Waals surface area contributed by atoms with Crippen LogP contribution in [0.5, 0.6) is 5.75 Å². The van der Waals surface area contributed by atoms with E-state index in [0.717, 1.165) is 12.1 Å². The lowest BCUT2D eigenvalue weighted by molar-refractivity contribution is -0.396. The van der Waals surface area contributed by atoms with E-state index < -0.39 is 45.0 Å². The van der Waals surface area contributed by atoms with Crippen LogP contribution in [-0.2, 0) is 11.2 Å². The summed E-state index contributed by atoms with van der Waals surface area (Å²) in [5.41, 5.74) is -1.62. The molecule has 21 heavy (non-hydrogen) atoms. The highest BCUT2D eigenvalue weighted by Gasteiger charge is 2.32. The van der Waals surface area contributed by atoms with Crippen LogP contribution in [0.2, 0.25) is 0 Å². The molecule has 1 heterocycles. The highest BCUT2D eigenvalue weighted by molar-refractivity contribution is 6.04. The Bertz CT molecular complexity index is 636. The Balaban J connectivity index is 2.40. The highest BCUT2D eigenvalue weighted by Crippen LogP contribution is 2.36. The monoisotopic (exact) mass is 296 g/mol. The number of aromatic hydroxyl groups is 1. The number of amides is 3.